The summed E-state index contributed by atoms with van der Waals surface area (Å²) in [7, 11) is -3.26. The minimum atomic E-state index is -3.26. The highest BCUT2D eigenvalue weighted by molar-refractivity contribution is 7.93. The fourth-order valence-corrected chi connectivity index (χ4v) is 5.16. The van der Waals surface area contributed by atoms with Crippen LogP contribution in [-0.4, -0.2) is 20.1 Å². The highest BCUT2D eigenvalue weighted by Crippen LogP contribution is 2.38. The molecule has 21 heavy (non-hydrogen) atoms. The lowest BCUT2D eigenvalue weighted by molar-refractivity contribution is 0.0280. The summed E-state index contributed by atoms with van der Waals surface area (Å²) in [5.74, 6) is -1.06. The van der Waals surface area contributed by atoms with Gasteiger partial charge in [-0.25, -0.2) is 17.6 Å². The van der Waals surface area contributed by atoms with E-state index in [1.165, 1.54) is 24.3 Å². The van der Waals surface area contributed by atoms with Crippen LogP contribution in [0.15, 0.2) is 39.9 Å². The van der Waals surface area contributed by atoms with Crippen molar-refractivity contribution in [2.45, 2.75) is 16.7 Å². The van der Waals surface area contributed by atoms with Crippen LogP contribution in [0, 0.1) is 5.82 Å². The summed E-state index contributed by atoms with van der Waals surface area (Å²) in [6.07, 6.45) is -0.341. The number of ether oxygens (including phenoxy) is 1. The molecule has 1 aromatic heterocycles. The van der Waals surface area contributed by atoms with Crippen LogP contribution in [0.3, 0.4) is 0 Å². The number of carbonyl (C=O) groups is 1. The van der Waals surface area contributed by atoms with Crippen LogP contribution in [0.4, 0.5) is 4.39 Å². The third-order valence-corrected chi connectivity index (χ3v) is 6.61. The Morgan fingerprint density at radius 2 is 1.95 bits per heavy atom. The van der Waals surface area contributed by atoms with Gasteiger partial charge in [0.2, 0.25) is 0 Å². The second-order valence-electron chi connectivity index (χ2n) is 4.67. The third kappa shape index (κ3) is 2.71. The predicted molar refractivity (Wildman–Crippen MR) is 75.5 cm³/mol. The van der Waals surface area contributed by atoms with E-state index in [0.29, 0.717) is 5.56 Å². The Morgan fingerprint density at radius 3 is 2.67 bits per heavy atom. The van der Waals surface area contributed by atoms with E-state index < -0.39 is 27.7 Å². The molecule has 7 heteroatoms. The maximum atomic E-state index is 12.8. The van der Waals surface area contributed by atoms with Crippen LogP contribution in [-0.2, 0) is 14.6 Å². The highest BCUT2D eigenvalue weighted by Gasteiger charge is 2.33. The molecule has 0 radical (unpaired) electrons. The number of hydrogen-bond donors (Lipinski definition) is 0. The van der Waals surface area contributed by atoms with Crippen molar-refractivity contribution in [1.82, 2.24) is 0 Å². The summed E-state index contributed by atoms with van der Waals surface area (Å²) in [5, 5.41) is 1.67. The minimum absolute atomic E-state index is 0.0398. The van der Waals surface area contributed by atoms with Gasteiger partial charge in [0.05, 0.1) is 11.3 Å². The number of hydrogen-bond acceptors (Lipinski definition) is 5. The third-order valence-electron chi connectivity index (χ3n) is 3.27. The molecule has 0 bridgehead atoms. The molecule has 0 N–H and O–H groups in total. The van der Waals surface area contributed by atoms with Crippen LogP contribution >= 0.6 is 11.3 Å². The van der Waals surface area contributed by atoms with E-state index in [4.69, 9.17) is 4.74 Å². The van der Waals surface area contributed by atoms with Gasteiger partial charge < -0.3 is 4.74 Å². The Labute approximate surface area is 125 Å². The molecule has 110 valence electrons. The quantitative estimate of drug-likeness (QED) is 0.796. The molecule has 1 atom stereocenters. The molecule has 0 aliphatic carbocycles. The average Bonchev–Trinajstić information content (AvgIpc) is 2.94. The fourth-order valence-electron chi connectivity index (χ4n) is 2.21. The monoisotopic (exact) mass is 326 g/mol. The Hall–Kier alpha value is -1.73. The van der Waals surface area contributed by atoms with Gasteiger partial charge in [-0.1, -0.05) is 0 Å². The zero-order valence-corrected chi connectivity index (χ0v) is 12.4. The summed E-state index contributed by atoms with van der Waals surface area (Å²) in [6, 6.07) is 6.70. The van der Waals surface area contributed by atoms with E-state index in [2.05, 4.69) is 0 Å². The van der Waals surface area contributed by atoms with Gasteiger partial charge in [-0.05, 0) is 35.7 Å². The second-order valence-corrected chi connectivity index (χ2v) is 7.89. The van der Waals surface area contributed by atoms with Crippen molar-refractivity contribution < 1.29 is 22.3 Å². The lowest BCUT2D eigenvalue weighted by Crippen LogP contribution is -2.22. The van der Waals surface area contributed by atoms with E-state index >= 15 is 0 Å². The van der Waals surface area contributed by atoms with Gasteiger partial charge in [-0.2, -0.15) is 0 Å². The number of sulfone groups is 1. The van der Waals surface area contributed by atoms with Crippen molar-refractivity contribution in [3.8, 4) is 0 Å². The molecule has 1 aliphatic heterocycles. The molecule has 0 saturated heterocycles. The number of rotatable bonds is 2. The van der Waals surface area contributed by atoms with Crippen molar-refractivity contribution in [3.05, 3.63) is 52.7 Å². The van der Waals surface area contributed by atoms with Crippen LogP contribution in [0.5, 0.6) is 0 Å². The van der Waals surface area contributed by atoms with Crippen molar-refractivity contribution in [3.63, 3.8) is 0 Å². The highest BCUT2D eigenvalue weighted by atomic mass is 32.2. The van der Waals surface area contributed by atoms with E-state index in [1.54, 1.807) is 11.4 Å². The number of esters is 1. The summed E-state index contributed by atoms with van der Waals surface area (Å²) in [6.45, 7) is 0. The topological polar surface area (TPSA) is 60.4 Å². The molecule has 1 unspecified atom stereocenters. The number of halogens is 1. The molecule has 0 fully saturated rings. The van der Waals surface area contributed by atoms with Crippen LogP contribution < -0.4 is 0 Å². The van der Waals surface area contributed by atoms with Crippen LogP contribution in [0.1, 0.15) is 28.4 Å². The summed E-state index contributed by atoms with van der Waals surface area (Å²) < 4.78 is 42.3. The lowest BCUT2D eigenvalue weighted by atomic mass is 10.1. The molecule has 1 aliphatic rings. The molecular formula is C14H11FO4S2. The number of carbonyl (C=O) groups excluding carboxylic acids is 1. The van der Waals surface area contributed by atoms with Gasteiger partial charge in [0.1, 0.15) is 16.1 Å². The van der Waals surface area contributed by atoms with Gasteiger partial charge in [-0.3, -0.25) is 0 Å². The van der Waals surface area contributed by atoms with Gasteiger partial charge in [0.25, 0.3) is 0 Å². The molecule has 0 saturated carbocycles. The van der Waals surface area contributed by atoms with E-state index in [9.17, 15) is 17.6 Å². The first-order valence-corrected chi connectivity index (χ1v) is 8.77. The second kappa shape index (κ2) is 5.23. The number of thiophene rings is 1. The number of fused-ring (bicyclic) bond motifs is 1. The first-order valence-electron chi connectivity index (χ1n) is 6.24. The molecule has 0 amide bonds. The predicted octanol–water partition coefficient (Wildman–Crippen LogP) is 2.96. The summed E-state index contributed by atoms with van der Waals surface area (Å²) in [4.78, 5) is 12.0. The Morgan fingerprint density at radius 1 is 1.24 bits per heavy atom. The molecule has 3 rings (SSSR count). The summed E-state index contributed by atoms with van der Waals surface area (Å²) >= 11 is 1.13. The van der Waals surface area contributed by atoms with Gasteiger partial charge in [0.15, 0.2) is 9.84 Å². The molecule has 2 heterocycles. The maximum absolute atomic E-state index is 12.8. The van der Waals surface area contributed by atoms with Crippen LogP contribution in [0.25, 0.3) is 0 Å². The average molecular weight is 326 g/mol. The standard InChI is InChI=1S/C14H11FO4S2/c15-10-3-1-9(2-4-10)13(16)19-12-6-8-21(17,18)14-11(12)5-7-20-14/h1-5,7,12H,6,8H2. The van der Waals surface area contributed by atoms with Gasteiger partial charge in [-0.15, -0.1) is 11.3 Å². The normalized spacial score (nSPS) is 19.8. The van der Waals surface area contributed by atoms with Gasteiger partial charge in [0, 0.05) is 12.0 Å². The van der Waals surface area contributed by atoms with Crippen molar-refractivity contribution >= 4 is 27.1 Å². The fraction of sp³-hybridized carbons (Fsp3) is 0.214. The molecule has 2 aromatic rings. The Kier molecular flexibility index (Phi) is 3.54. The molecule has 0 spiro atoms. The molecule has 1 aromatic carbocycles. The van der Waals surface area contributed by atoms with E-state index in [0.717, 1.165) is 11.3 Å². The van der Waals surface area contributed by atoms with Gasteiger partial charge >= 0.3 is 5.97 Å². The molecular weight excluding hydrogens is 315 g/mol. The largest absolute Gasteiger partial charge is 0.454 e. The smallest absolute Gasteiger partial charge is 0.338 e. The molecule has 4 nitrogen and oxygen atoms in total. The maximum Gasteiger partial charge on any atom is 0.338 e. The number of benzene rings is 1. The van der Waals surface area contributed by atoms with E-state index in [1.807, 2.05) is 0 Å². The SMILES string of the molecule is O=C(OC1CCS(=O)(=O)c2sccc21)c1ccc(F)cc1. The first-order chi connectivity index (χ1) is 9.97. The first kappa shape index (κ1) is 14.2. The van der Waals surface area contributed by atoms with Crippen molar-refractivity contribution in [2.75, 3.05) is 5.75 Å². The Bertz CT molecular complexity index is 778. The summed E-state index contributed by atoms with van der Waals surface area (Å²) in [5.41, 5.74) is 0.767. The minimum Gasteiger partial charge on any atom is -0.454 e. The lowest BCUT2D eigenvalue weighted by Gasteiger charge is -2.22. The Balaban J connectivity index is 1.84. The van der Waals surface area contributed by atoms with Crippen molar-refractivity contribution in [2.24, 2.45) is 0 Å². The van der Waals surface area contributed by atoms with Crippen molar-refractivity contribution in [1.29, 1.82) is 0 Å². The zero-order valence-electron chi connectivity index (χ0n) is 10.8. The van der Waals surface area contributed by atoms with Crippen LogP contribution in [0.2, 0.25) is 0 Å². The zero-order chi connectivity index (χ0) is 15.0. The van der Waals surface area contributed by atoms with E-state index in [-0.39, 0.29) is 21.9 Å².